The molecule has 0 atom stereocenters. The molecule has 1 fully saturated rings. The van der Waals surface area contributed by atoms with E-state index in [-0.39, 0.29) is 5.91 Å². The first-order chi connectivity index (χ1) is 12.7. The Hall–Kier alpha value is -2.60. The number of rotatable bonds is 6. The lowest BCUT2D eigenvalue weighted by molar-refractivity contribution is -0.132. The van der Waals surface area contributed by atoms with E-state index in [4.69, 9.17) is 9.47 Å². The van der Waals surface area contributed by atoms with Gasteiger partial charge in [-0.25, -0.2) is 4.98 Å². The summed E-state index contributed by atoms with van der Waals surface area (Å²) in [5.74, 6) is 1.55. The monoisotopic (exact) mass is 355 g/mol. The van der Waals surface area contributed by atoms with E-state index in [1.807, 2.05) is 47.5 Å². The van der Waals surface area contributed by atoms with Crippen LogP contribution in [-0.4, -0.2) is 61.1 Å². The average Bonchev–Trinajstić information content (AvgIpc) is 2.69. The smallest absolute Gasteiger partial charge is 0.227 e. The first-order valence-electron chi connectivity index (χ1n) is 8.80. The summed E-state index contributed by atoms with van der Waals surface area (Å²) in [7, 11) is 3.25. The molecule has 138 valence electrons. The molecule has 1 aromatic carbocycles. The minimum absolute atomic E-state index is 0.153. The number of ether oxygens (including phenoxy) is 2. The van der Waals surface area contributed by atoms with Gasteiger partial charge >= 0.3 is 0 Å². The number of amides is 1. The van der Waals surface area contributed by atoms with Gasteiger partial charge in [0, 0.05) is 50.6 Å². The van der Waals surface area contributed by atoms with Gasteiger partial charge in [0.15, 0.2) is 0 Å². The van der Waals surface area contributed by atoms with Crippen LogP contribution < -0.4 is 9.47 Å². The van der Waals surface area contributed by atoms with Crippen molar-refractivity contribution in [1.82, 2.24) is 14.8 Å². The number of piperazine rings is 1. The van der Waals surface area contributed by atoms with Gasteiger partial charge in [-0.1, -0.05) is 24.3 Å². The minimum Gasteiger partial charge on any atom is -0.496 e. The number of carbonyl (C=O) groups is 1. The van der Waals surface area contributed by atoms with Crippen molar-refractivity contribution in [3.8, 4) is 11.6 Å². The molecule has 6 nitrogen and oxygen atoms in total. The minimum atomic E-state index is 0.153. The van der Waals surface area contributed by atoms with Crippen LogP contribution in [0.25, 0.3) is 0 Å². The van der Waals surface area contributed by atoms with Crippen molar-refractivity contribution in [3.05, 3.63) is 53.7 Å². The van der Waals surface area contributed by atoms with Gasteiger partial charge in [-0.3, -0.25) is 9.69 Å². The van der Waals surface area contributed by atoms with E-state index in [0.29, 0.717) is 12.3 Å². The number of aromatic nitrogens is 1. The highest BCUT2D eigenvalue weighted by Crippen LogP contribution is 2.19. The van der Waals surface area contributed by atoms with Gasteiger partial charge in [-0.2, -0.15) is 0 Å². The SMILES string of the molecule is COc1ccc(CN2CCN(C(=O)Cc3ccccc3OC)CC2)cn1. The lowest BCUT2D eigenvalue weighted by Gasteiger charge is -2.34. The highest BCUT2D eigenvalue weighted by atomic mass is 16.5. The number of nitrogens with zero attached hydrogens (tertiary/aromatic N) is 3. The second kappa shape index (κ2) is 8.67. The Morgan fingerprint density at radius 1 is 1.04 bits per heavy atom. The molecule has 26 heavy (non-hydrogen) atoms. The first-order valence-corrected chi connectivity index (χ1v) is 8.80. The molecule has 0 bridgehead atoms. The summed E-state index contributed by atoms with van der Waals surface area (Å²) in [4.78, 5) is 21.1. The van der Waals surface area contributed by atoms with E-state index >= 15 is 0 Å². The zero-order valence-corrected chi connectivity index (χ0v) is 15.4. The molecule has 2 heterocycles. The summed E-state index contributed by atoms with van der Waals surface area (Å²) >= 11 is 0. The molecule has 2 aromatic rings. The fraction of sp³-hybridized carbons (Fsp3) is 0.400. The van der Waals surface area contributed by atoms with Gasteiger partial charge in [0.25, 0.3) is 0 Å². The molecule has 1 aliphatic heterocycles. The second-order valence-corrected chi connectivity index (χ2v) is 6.35. The van der Waals surface area contributed by atoms with Crippen LogP contribution in [0.5, 0.6) is 11.6 Å². The maximum absolute atomic E-state index is 12.6. The molecule has 0 radical (unpaired) electrons. The average molecular weight is 355 g/mol. The highest BCUT2D eigenvalue weighted by Gasteiger charge is 2.22. The lowest BCUT2D eigenvalue weighted by Crippen LogP contribution is -2.48. The third kappa shape index (κ3) is 4.52. The Kier molecular flexibility index (Phi) is 6.07. The Labute approximate surface area is 154 Å². The van der Waals surface area contributed by atoms with Gasteiger partial charge in [-0.15, -0.1) is 0 Å². The van der Waals surface area contributed by atoms with Crippen LogP contribution >= 0.6 is 0 Å². The number of methoxy groups -OCH3 is 2. The van der Waals surface area contributed by atoms with Gasteiger partial charge in [-0.05, 0) is 11.6 Å². The summed E-state index contributed by atoms with van der Waals surface area (Å²) in [5, 5.41) is 0. The van der Waals surface area contributed by atoms with Crippen molar-refractivity contribution in [1.29, 1.82) is 0 Å². The molecule has 0 aliphatic carbocycles. The molecule has 1 aromatic heterocycles. The molecule has 0 saturated carbocycles. The molecule has 0 unspecified atom stereocenters. The highest BCUT2D eigenvalue weighted by molar-refractivity contribution is 5.79. The molecule has 0 N–H and O–H groups in total. The number of hydrogen-bond donors (Lipinski definition) is 0. The maximum atomic E-state index is 12.6. The predicted molar refractivity (Wildman–Crippen MR) is 99.3 cm³/mol. The molecule has 1 aliphatic rings. The normalized spacial score (nSPS) is 14.9. The van der Waals surface area contributed by atoms with E-state index in [9.17, 15) is 4.79 Å². The summed E-state index contributed by atoms with van der Waals surface area (Å²) in [6.07, 6.45) is 2.23. The van der Waals surface area contributed by atoms with E-state index in [1.54, 1.807) is 14.2 Å². The van der Waals surface area contributed by atoms with Crippen LogP contribution in [0.2, 0.25) is 0 Å². The van der Waals surface area contributed by atoms with Crippen molar-refractivity contribution < 1.29 is 14.3 Å². The van der Waals surface area contributed by atoms with Gasteiger partial charge < -0.3 is 14.4 Å². The summed E-state index contributed by atoms with van der Waals surface area (Å²) < 4.78 is 10.4. The lowest BCUT2D eigenvalue weighted by atomic mass is 10.1. The van der Waals surface area contributed by atoms with Crippen LogP contribution in [-0.2, 0) is 17.8 Å². The number of hydrogen-bond acceptors (Lipinski definition) is 5. The summed E-state index contributed by atoms with van der Waals surface area (Å²) in [6, 6.07) is 11.6. The van der Waals surface area contributed by atoms with Crippen molar-refractivity contribution in [2.45, 2.75) is 13.0 Å². The van der Waals surface area contributed by atoms with E-state index < -0.39 is 0 Å². The van der Waals surface area contributed by atoms with Crippen LogP contribution in [0, 0.1) is 0 Å². The van der Waals surface area contributed by atoms with Crippen molar-refractivity contribution >= 4 is 5.91 Å². The molecular formula is C20H25N3O3. The van der Waals surface area contributed by atoms with E-state index in [2.05, 4.69) is 9.88 Å². The van der Waals surface area contributed by atoms with Crippen LogP contribution in [0.1, 0.15) is 11.1 Å². The topological polar surface area (TPSA) is 54.9 Å². The predicted octanol–water partition coefficient (Wildman–Crippen LogP) is 1.99. The van der Waals surface area contributed by atoms with Crippen molar-refractivity contribution in [2.24, 2.45) is 0 Å². The molecule has 1 saturated heterocycles. The third-order valence-electron chi connectivity index (χ3n) is 4.67. The van der Waals surface area contributed by atoms with Crippen molar-refractivity contribution in [2.75, 3.05) is 40.4 Å². The van der Waals surface area contributed by atoms with Crippen LogP contribution in [0.15, 0.2) is 42.6 Å². The Bertz CT molecular complexity index is 725. The molecular weight excluding hydrogens is 330 g/mol. The molecule has 1 amide bonds. The molecule has 0 spiro atoms. The quantitative estimate of drug-likeness (QED) is 0.793. The zero-order chi connectivity index (χ0) is 18.4. The Balaban J connectivity index is 1.50. The zero-order valence-electron chi connectivity index (χ0n) is 15.4. The molecule has 6 heteroatoms. The Morgan fingerprint density at radius 3 is 2.46 bits per heavy atom. The standard InChI is InChI=1S/C20H25N3O3/c1-25-18-6-4-3-5-17(18)13-20(24)23-11-9-22(10-12-23)15-16-7-8-19(26-2)21-14-16/h3-8,14H,9-13,15H2,1-2H3. The fourth-order valence-corrected chi connectivity index (χ4v) is 3.16. The van der Waals surface area contributed by atoms with E-state index in [1.165, 1.54) is 0 Å². The third-order valence-corrected chi connectivity index (χ3v) is 4.67. The second-order valence-electron chi connectivity index (χ2n) is 6.35. The van der Waals surface area contributed by atoms with Crippen LogP contribution in [0.3, 0.4) is 0 Å². The van der Waals surface area contributed by atoms with Gasteiger partial charge in [0.2, 0.25) is 11.8 Å². The Morgan fingerprint density at radius 2 is 1.81 bits per heavy atom. The molecule has 3 rings (SSSR count). The number of benzene rings is 1. The summed E-state index contributed by atoms with van der Waals surface area (Å²) in [6.45, 7) is 4.06. The summed E-state index contributed by atoms with van der Waals surface area (Å²) in [5.41, 5.74) is 2.09. The largest absolute Gasteiger partial charge is 0.496 e. The van der Waals surface area contributed by atoms with E-state index in [0.717, 1.165) is 49.6 Å². The first kappa shape index (κ1) is 18.2. The maximum Gasteiger partial charge on any atom is 0.227 e. The fourth-order valence-electron chi connectivity index (χ4n) is 3.16. The number of pyridine rings is 1. The number of carbonyl (C=O) groups excluding carboxylic acids is 1. The number of para-hydroxylation sites is 1. The van der Waals surface area contributed by atoms with Gasteiger partial charge in [0.05, 0.1) is 20.6 Å². The van der Waals surface area contributed by atoms with Gasteiger partial charge in [0.1, 0.15) is 5.75 Å². The van der Waals surface area contributed by atoms with Crippen molar-refractivity contribution in [3.63, 3.8) is 0 Å². The van der Waals surface area contributed by atoms with Crippen LogP contribution in [0.4, 0.5) is 0 Å².